The first kappa shape index (κ1) is 16.7. The van der Waals surface area contributed by atoms with Crippen LogP contribution in [0.15, 0.2) is 0 Å². The Balaban J connectivity index is 4.28. The first-order valence-corrected chi connectivity index (χ1v) is 5.56. The van der Waals surface area contributed by atoms with Gasteiger partial charge in [0.2, 0.25) is 24.9 Å². The standard InChI is InChI=1S/C9H16N4O6/c10-8(14)6(4-12(16)17)2-1-3-7(9(11)15)5-13(18)19/h6-7H,1-5H2,(H2,10,14)(H2,11,15). The fourth-order valence-electron chi connectivity index (χ4n) is 1.62. The lowest BCUT2D eigenvalue weighted by molar-refractivity contribution is -0.486. The SMILES string of the molecule is NC(=O)C(CCCC(C[N+](=O)[O-])C(N)=O)C[N+](=O)[O-]. The molecule has 0 bridgehead atoms. The number of primary amides is 2. The van der Waals surface area contributed by atoms with E-state index in [2.05, 4.69) is 0 Å². The highest BCUT2D eigenvalue weighted by Gasteiger charge is 2.25. The van der Waals surface area contributed by atoms with Gasteiger partial charge in [0.15, 0.2) is 0 Å². The van der Waals surface area contributed by atoms with Crippen LogP contribution in [0.25, 0.3) is 0 Å². The van der Waals surface area contributed by atoms with Crippen molar-refractivity contribution in [3.8, 4) is 0 Å². The number of rotatable bonds is 10. The van der Waals surface area contributed by atoms with E-state index in [0.29, 0.717) is 0 Å². The van der Waals surface area contributed by atoms with Gasteiger partial charge in [-0.3, -0.25) is 29.8 Å². The topological polar surface area (TPSA) is 172 Å². The summed E-state index contributed by atoms with van der Waals surface area (Å²) < 4.78 is 0. The van der Waals surface area contributed by atoms with Crippen LogP contribution in [0.3, 0.4) is 0 Å². The molecule has 0 heterocycles. The van der Waals surface area contributed by atoms with Crippen LogP contribution in [0.5, 0.6) is 0 Å². The maximum atomic E-state index is 10.9. The third kappa shape index (κ3) is 7.63. The molecule has 2 atom stereocenters. The Kier molecular flexibility index (Phi) is 7.00. The summed E-state index contributed by atoms with van der Waals surface area (Å²) in [5.74, 6) is -3.50. The molecule has 0 radical (unpaired) electrons. The van der Waals surface area contributed by atoms with Crippen molar-refractivity contribution >= 4 is 11.8 Å². The van der Waals surface area contributed by atoms with E-state index in [1.54, 1.807) is 0 Å². The van der Waals surface area contributed by atoms with E-state index in [-0.39, 0.29) is 19.3 Å². The Hall–Kier alpha value is -2.26. The number of carbonyl (C=O) groups excluding carboxylic acids is 2. The van der Waals surface area contributed by atoms with Gasteiger partial charge < -0.3 is 11.5 Å². The third-order valence-electron chi connectivity index (χ3n) is 2.65. The number of hydrogen-bond acceptors (Lipinski definition) is 6. The molecule has 0 saturated carbocycles. The van der Waals surface area contributed by atoms with Crippen LogP contribution in [0.4, 0.5) is 0 Å². The fourth-order valence-corrected chi connectivity index (χ4v) is 1.62. The highest BCUT2D eigenvalue weighted by atomic mass is 16.6. The minimum atomic E-state index is -0.945. The number of carbonyl (C=O) groups is 2. The molecule has 10 heteroatoms. The van der Waals surface area contributed by atoms with Gasteiger partial charge in [-0.2, -0.15) is 0 Å². The molecule has 0 spiro atoms. The monoisotopic (exact) mass is 276 g/mol. The van der Waals surface area contributed by atoms with Gasteiger partial charge in [0.05, 0.1) is 0 Å². The lowest BCUT2D eigenvalue weighted by Crippen LogP contribution is -2.31. The van der Waals surface area contributed by atoms with Crippen molar-refractivity contribution in [2.24, 2.45) is 23.3 Å². The zero-order valence-electron chi connectivity index (χ0n) is 10.2. The summed E-state index contributed by atoms with van der Waals surface area (Å²) in [7, 11) is 0. The predicted octanol–water partition coefficient (Wildman–Crippen LogP) is -1.09. The lowest BCUT2D eigenvalue weighted by Gasteiger charge is -2.11. The van der Waals surface area contributed by atoms with E-state index in [1.807, 2.05) is 0 Å². The number of nitro groups is 2. The Morgan fingerprint density at radius 3 is 1.42 bits per heavy atom. The second-order valence-corrected chi connectivity index (χ2v) is 4.16. The maximum Gasteiger partial charge on any atom is 0.227 e. The summed E-state index contributed by atoms with van der Waals surface area (Å²) in [5, 5.41) is 20.6. The molecule has 108 valence electrons. The van der Waals surface area contributed by atoms with E-state index in [4.69, 9.17) is 11.5 Å². The van der Waals surface area contributed by atoms with Gasteiger partial charge in [-0.1, -0.05) is 6.42 Å². The molecule has 0 aromatic heterocycles. The van der Waals surface area contributed by atoms with Crippen LogP contribution in [0, 0.1) is 32.1 Å². The first-order valence-electron chi connectivity index (χ1n) is 5.56. The summed E-state index contributed by atoms with van der Waals surface area (Å²) in [6.45, 7) is -1.18. The summed E-state index contributed by atoms with van der Waals surface area (Å²) in [5.41, 5.74) is 10.00. The number of nitrogens with two attached hydrogens (primary N) is 2. The molecule has 0 fully saturated rings. The number of hydrogen-bond donors (Lipinski definition) is 2. The van der Waals surface area contributed by atoms with Crippen molar-refractivity contribution in [3.63, 3.8) is 0 Å². The van der Waals surface area contributed by atoms with Gasteiger partial charge in [0.1, 0.15) is 11.8 Å². The van der Waals surface area contributed by atoms with E-state index in [1.165, 1.54) is 0 Å². The first-order chi connectivity index (χ1) is 8.73. The summed E-state index contributed by atoms with van der Waals surface area (Å²) in [4.78, 5) is 41.2. The second kappa shape index (κ2) is 7.95. The highest BCUT2D eigenvalue weighted by molar-refractivity contribution is 5.77. The summed E-state index contributed by atoms with van der Waals surface area (Å²) in [6.07, 6.45) is 0.415. The smallest absolute Gasteiger partial charge is 0.227 e. The molecular formula is C9H16N4O6. The Morgan fingerprint density at radius 2 is 1.21 bits per heavy atom. The van der Waals surface area contributed by atoms with E-state index in [9.17, 15) is 29.8 Å². The Bertz CT molecular complexity index is 338. The molecule has 0 rings (SSSR count). The average Bonchev–Trinajstić information content (AvgIpc) is 2.24. The van der Waals surface area contributed by atoms with Gasteiger partial charge in [-0.25, -0.2) is 0 Å². The van der Waals surface area contributed by atoms with Gasteiger partial charge >= 0.3 is 0 Å². The van der Waals surface area contributed by atoms with Crippen LogP contribution < -0.4 is 11.5 Å². The predicted molar refractivity (Wildman–Crippen MR) is 62.9 cm³/mol. The molecule has 2 unspecified atom stereocenters. The van der Waals surface area contributed by atoms with Crippen molar-refractivity contribution in [2.75, 3.05) is 13.1 Å². The van der Waals surface area contributed by atoms with E-state index in [0.717, 1.165) is 0 Å². The van der Waals surface area contributed by atoms with Crippen LogP contribution in [-0.4, -0.2) is 34.8 Å². The van der Waals surface area contributed by atoms with Crippen LogP contribution in [-0.2, 0) is 9.59 Å². The van der Waals surface area contributed by atoms with E-state index < -0.39 is 46.6 Å². The van der Waals surface area contributed by atoms with Crippen molar-refractivity contribution in [2.45, 2.75) is 19.3 Å². The van der Waals surface area contributed by atoms with Crippen LogP contribution >= 0.6 is 0 Å². The van der Waals surface area contributed by atoms with Crippen LogP contribution in [0.1, 0.15) is 19.3 Å². The minimum absolute atomic E-state index is 0.0950. The number of nitrogens with zero attached hydrogens (tertiary/aromatic N) is 2. The quantitative estimate of drug-likeness (QED) is 0.379. The number of amides is 2. The second-order valence-electron chi connectivity index (χ2n) is 4.16. The maximum absolute atomic E-state index is 10.9. The molecular weight excluding hydrogens is 260 g/mol. The minimum Gasteiger partial charge on any atom is -0.369 e. The van der Waals surface area contributed by atoms with Crippen molar-refractivity contribution < 1.29 is 19.4 Å². The highest BCUT2D eigenvalue weighted by Crippen LogP contribution is 2.14. The molecule has 10 nitrogen and oxygen atoms in total. The van der Waals surface area contributed by atoms with Crippen molar-refractivity contribution in [1.29, 1.82) is 0 Å². The summed E-state index contributed by atoms with van der Waals surface area (Å²) >= 11 is 0. The van der Waals surface area contributed by atoms with Gasteiger partial charge in [0, 0.05) is 9.85 Å². The van der Waals surface area contributed by atoms with Gasteiger partial charge in [-0.05, 0) is 12.8 Å². The molecule has 0 aliphatic carbocycles. The average molecular weight is 276 g/mol. The molecule has 2 amide bonds. The van der Waals surface area contributed by atoms with Crippen molar-refractivity contribution in [1.82, 2.24) is 0 Å². The Labute approximate surface area is 108 Å². The van der Waals surface area contributed by atoms with Crippen molar-refractivity contribution in [3.05, 3.63) is 20.2 Å². The molecule has 0 aliphatic heterocycles. The van der Waals surface area contributed by atoms with Crippen LogP contribution in [0.2, 0.25) is 0 Å². The summed E-state index contributed by atoms with van der Waals surface area (Å²) in [6, 6.07) is 0. The lowest BCUT2D eigenvalue weighted by atomic mass is 9.95. The third-order valence-corrected chi connectivity index (χ3v) is 2.65. The molecule has 0 aromatic rings. The van der Waals surface area contributed by atoms with E-state index >= 15 is 0 Å². The zero-order valence-corrected chi connectivity index (χ0v) is 10.2. The fraction of sp³-hybridized carbons (Fsp3) is 0.778. The van der Waals surface area contributed by atoms with Gasteiger partial charge in [0.25, 0.3) is 0 Å². The zero-order chi connectivity index (χ0) is 15.0. The molecule has 4 N–H and O–H groups in total. The molecule has 0 aliphatic rings. The molecule has 19 heavy (non-hydrogen) atoms. The normalized spacial score (nSPS) is 13.5. The Morgan fingerprint density at radius 1 is 0.895 bits per heavy atom. The van der Waals surface area contributed by atoms with Gasteiger partial charge in [-0.15, -0.1) is 0 Å². The largest absolute Gasteiger partial charge is 0.369 e. The molecule has 0 aromatic carbocycles. The molecule has 0 saturated heterocycles.